The van der Waals surface area contributed by atoms with Gasteiger partial charge in [-0.25, -0.2) is 13.2 Å². The monoisotopic (exact) mass is 401 g/mol. The summed E-state index contributed by atoms with van der Waals surface area (Å²) >= 11 is 0. The second-order valence-corrected chi connectivity index (χ2v) is 9.06. The third-order valence-electron chi connectivity index (χ3n) is 5.20. The van der Waals surface area contributed by atoms with Gasteiger partial charge in [0, 0.05) is 22.2 Å². The molecule has 4 rings (SSSR count). The van der Waals surface area contributed by atoms with Crippen LogP contribution in [0.3, 0.4) is 0 Å². The topological polar surface area (TPSA) is 107 Å². The molecule has 1 aliphatic heterocycles. The van der Waals surface area contributed by atoms with E-state index < -0.39 is 27.4 Å². The van der Waals surface area contributed by atoms with Crippen LogP contribution in [0.1, 0.15) is 22.5 Å². The first-order chi connectivity index (χ1) is 13.1. The average Bonchev–Trinajstić information content (AvgIpc) is 3.09. The van der Waals surface area contributed by atoms with Crippen LogP contribution in [0.5, 0.6) is 0 Å². The number of carbonyl (C=O) groups is 1. The molecule has 3 aromatic rings. The van der Waals surface area contributed by atoms with E-state index in [1.807, 2.05) is 19.9 Å². The Morgan fingerprint density at radius 1 is 1.11 bits per heavy atom. The van der Waals surface area contributed by atoms with E-state index in [4.69, 9.17) is 8.83 Å². The highest BCUT2D eigenvalue weighted by Crippen LogP contribution is 2.31. The number of hydrogen-bond donors (Lipinski definition) is 1. The van der Waals surface area contributed by atoms with Crippen molar-refractivity contribution in [3.8, 4) is 0 Å². The molecular formula is C20H19NO6S. The molecule has 1 atom stereocenters. The molecule has 0 aliphatic carbocycles. The highest BCUT2D eigenvalue weighted by molar-refractivity contribution is 7.94. The smallest absolute Gasteiger partial charge is 0.340 e. The van der Waals surface area contributed by atoms with Gasteiger partial charge in [0.25, 0.3) is 0 Å². The van der Waals surface area contributed by atoms with Crippen molar-refractivity contribution in [3.05, 3.63) is 56.5 Å². The summed E-state index contributed by atoms with van der Waals surface area (Å²) in [7, 11) is -3.27. The molecule has 0 spiro atoms. The van der Waals surface area contributed by atoms with Crippen LogP contribution in [0, 0.1) is 20.8 Å². The number of fused-ring (bicyclic) bond motifs is 2. The highest BCUT2D eigenvalue weighted by atomic mass is 32.2. The molecular weight excluding hydrogens is 382 g/mol. The van der Waals surface area contributed by atoms with Crippen molar-refractivity contribution in [1.29, 1.82) is 0 Å². The number of carbonyl (C=O) groups excluding carboxylic acids is 1. The highest BCUT2D eigenvalue weighted by Gasteiger charge is 2.24. The molecule has 0 radical (unpaired) electrons. The fourth-order valence-electron chi connectivity index (χ4n) is 3.51. The molecule has 8 heteroatoms. The van der Waals surface area contributed by atoms with E-state index in [2.05, 4.69) is 5.32 Å². The minimum absolute atomic E-state index is 0.166. The molecule has 0 saturated heterocycles. The van der Waals surface area contributed by atoms with Gasteiger partial charge in [0.1, 0.15) is 16.9 Å². The lowest BCUT2D eigenvalue weighted by Crippen LogP contribution is -2.37. The third kappa shape index (κ3) is 3.13. The van der Waals surface area contributed by atoms with Crippen molar-refractivity contribution in [2.75, 3.05) is 5.75 Å². The molecule has 1 amide bonds. The second-order valence-electron chi connectivity index (χ2n) is 7.13. The van der Waals surface area contributed by atoms with Gasteiger partial charge in [0.15, 0.2) is 9.84 Å². The molecule has 0 fully saturated rings. The molecule has 1 aliphatic rings. The van der Waals surface area contributed by atoms with Crippen LogP contribution in [-0.4, -0.2) is 26.1 Å². The maximum absolute atomic E-state index is 12.5. The summed E-state index contributed by atoms with van der Waals surface area (Å²) in [6.45, 7) is 5.60. The zero-order chi connectivity index (χ0) is 20.2. The summed E-state index contributed by atoms with van der Waals surface area (Å²) in [6.07, 6.45) is 1.25. The number of rotatable bonds is 3. The predicted molar refractivity (Wildman–Crippen MR) is 105 cm³/mol. The van der Waals surface area contributed by atoms with Gasteiger partial charge in [0.2, 0.25) is 5.91 Å². The summed E-state index contributed by atoms with van der Waals surface area (Å²) in [5, 5.41) is 5.39. The SMILES string of the molecule is Cc1oc2cc3oc(=O)c(CC(=O)N[C@H]4C=CS(=O)(=O)C4)c(C)c3cc2c1C. The Kier molecular flexibility index (Phi) is 4.19. The molecule has 2 aromatic heterocycles. The normalized spacial score (nSPS) is 18.2. The Morgan fingerprint density at radius 3 is 2.46 bits per heavy atom. The third-order valence-corrected chi connectivity index (χ3v) is 6.59. The first kappa shape index (κ1) is 18.5. The van der Waals surface area contributed by atoms with Crippen molar-refractivity contribution >= 4 is 37.7 Å². The van der Waals surface area contributed by atoms with E-state index in [-0.39, 0.29) is 17.7 Å². The number of sulfone groups is 1. The van der Waals surface area contributed by atoms with E-state index in [0.717, 1.165) is 27.5 Å². The summed E-state index contributed by atoms with van der Waals surface area (Å²) < 4.78 is 34.0. The van der Waals surface area contributed by atoms with Crippen LogP contribution >= 0.6 is 0 Å². The summed E-state index contributed by atoms with van der Waals surface area (Å²) in [6, 6.07) is 3.01. The quantitative estimate of drug-likeness (QED) is 0.676. The first-order valence-electron chi connectivity index (χ1n) is 8.81. The molecule has 0 saturated carbocycles. The zero-order valence-electron chi connectivity index (χ0n) is 15.7. The number of aryl methyl sites for hydroxylation is 3. The fourth-order valence-corrected chi connectivity index (χ4v) is 4.75. The summed E-state index contributed by atoms with van der Waals surface area (Å²) in [5.41, 5.74) is 2.39. The number of amides is 1. The molecule has 7 nitrogen and oxygen atoms in total. The lowest BCUT2D eigenvalue weighted by Gasteiger charge is -2.11. The van der Waals surface area contributed by atoms with Crippen LogP contribution in [0.15, 0.2) is 37.2 Å². The van der Waals surface area contributed by atoms with Gasteiger partial charge in [-0.1, -0.05) is 0 Å². The predicted octanol–water partition coefficient (Wildman–Crippen LogP) is 2.43. The van der Waals surface area contributed by atoms with Gasteiger partial charge in [-0.05, 0) is 44.0 Å². The Bertz CT molecular complexity index is 1330. The van der Waals surface area contributed by atoms with E-state index in [9.17, 15) is 18.0 Å². The number of furan rings is 1. The van der Waals surface area contributed by atoms with Crippen LogP contribution in [0.25, 0.3) is 21.9 Å². The van der Waals surface area contributed by atoms with Gasteiger partial charge in [0.05, 0.1) is 23.8 Å². The molecule has 28 heavy (non-hydrogen) atoms. The minimum atomic E-state index is -3.27. The summed E-state index contributed by atoms with van der Waals surface area (Å²) in [5.74, 6) is 0.198. The molecule has 1 N–H and O–H groups in total. The molecule has 0 unspecified atom stereocenters. The van der Waals surface area contributed by atoms with Gasteiger partial charge in [-0.2, -0.15) is 0 Å². The largest absolute Gasteiger partial charge is 0.461 e. The van der Waals surface area contributed by atoms with Gasteiger partial charge >= 0.3 is 5.63 Å². The number of nitrogens with one attached hydrogen (secondary N) is 1. The van der Waals surface area contributed by atoms with Crippen LogP contribution in [-0.2, 0) is 21.1 Å². The Balaban J connectivity index is 1.70. The van der Waals surface area contributed by atoms with Crippen LogP contribution in [0.2, 0.25) is 0 Å². The van der Waals surface area contributed by atoms with E-state index >= 15 is 0 Å². The van der Waals surface area contributed by atoms with Gasteiger partial charge < -0.3 is 14.2 Å². The second kappa shape index (κ2) is 6.34. The van der Waals surface area contributed by atoms with Crippen molar-refractivity contribution in [2.45, 2.75) is 33.2 Å². The van der Waals surface area contributed by atoms with E-state index in [0.29, 0.717) is 16.7 Å². The van der Waals surface area contributed by atoms with Crippen molar-refractivity contribution in [1.82, 2.24) is 5.32 Å². The fraction of sp³-hybridized carbons (Fsp3) is 0.300. The number of hydrogen-bond acceptors (Lipinski definition) is 6. The van der Waals surface area contributed by atoms with E-state index in [1.165, 1.54) is 6.08 Å². The summed E-state index contributed by atoms with van der Waals surface area (Å²) in [4.78, 5) is 24.8. The lowest BCUT2D eigenvalue weighted by atomic mass is 10.0. The molecule has 1 aromatic carbocycles. The number of benzene rings is 1. The Hall–Kier alpha value is -2.87. The molecule has 146 valence electrons. The molecule has 3 heterocycles. The van der Waals surface area contributed by atoms with Crippen molar-refractivity contribution in [2.24, 2.45) is 0 Å². The van der Waals surface area contributed by atoms with Gasteiger partial charge in [-0.3, -0.25) is 4.79 Å². The maximum Gasteiger partial charge on any atom is 0.340 e. The standard InChI is InChI=1S/C20H19NO6S/c1-10-12(3)26-17-8-18-15(6-14(10)17)11(2)16(20(23)27-18)7-19(22)21-13-4-5-28(24,25)9-13/h4-6,8,13H,7,9H2,1-3H3,(H,21,22)/t13-/m0/s1. The average molecular weight is 401 g/mol. The minimum Gasteiger partial charge on any atom is -0.461 e. The van der Waals surface area contributed by atoms with Gasteiger partial charge in [-0.15, -0.1) is 0 Å². The Labute approximate surface area is 160 Å². The van der Waals surface area contributed by atoms with Crippen molar-refractivity contribution < 1.29 is 22.0 Å². The Morgan fingerprint density at radius 2 is 1.79 bits per heavy atom. The van der Waals surface area contributed by atoms with Crippen LogP contribution < -0.4 is 10.9 Å². The lowest BCUT2D eigenvalue weighted by molar-refractivity contribution is -0.120. The van der Waals surface area contributed by atoms with Crippen LogP contribution in [0.4, 0.5) is 0 Å². The first-order valence-corrected chi connectivity index (χ1v) is 10.5. The zero-order valence-corrected chi connectivity index (χ0v) is 16.5. The van der Waals surface area contributed by atoms with Crippen molar-refractivity contribution in [3.63, 3.8) is 0 Å². The maximum atomic E-state index is 12.5. The van der Waals surface area contributed by atoms with E-state index in [1.54, 1.807) is 13.0 Å². The molecule has 0 bridgehead atoms.